The monoisotopic (exact) mass is 379 g/mol. The predicted octanol–water partition coefficient (Wildman–Crippen LogP) is 3.10. The summed E-state index contributed by atoms with van der Waals surface area (Å²) in [6.07, 6.45) is 3.20. The minimum Gasteiger partial charge on any atom is -0.336 e. The SMILES string of the molecule is Cc1cc(C(=O)Nc2ccc(-n3cccn3)c(F)c2)ccc1N1CCNC1=O. The maximum absolute atomic E-state index is 14.3. The molecule has 4 rings (SSSR count). The Morgan fingerprint density at radius 2 is 2.04 bits per heavy atom. The molecular weight excluding hydrogens is 361 g/mol. The van der Waals surface area contributed by atoms with Gasteiger partial charge in [0, 0.05) is 42.4 Å². The second-order valence-corrected chi connectivity index (χ2v) is 6.46. The number of aromatic nitrogens is 2. The van der Waals surface area contributed by atoms with Gasteiger partial charge in [-0.15, -0.1) is 0 Å². The summed E-state index contributed by atoms with van der Waals surface area (Å²) in [5.41, 5.74) is 2.65. The molecule has 28 heavy (non-hydrogen) atoms. The number of carbonyl (C=O) groups is 2. The van der Waals surface area contributed by atoms with Crippen LogP contribution in [0.5, 0.6) is 0 Å². The van der Waals surface area contributed by atoms with Crippen molar-refractivity contribution in [2.75, 3.05) is 23.3 Å². The average molecular weight is 379 g/mol. The molecule has 1 aliphatic heterocycles. The van der Waals surface area contributed by atoms with E-state index in [1.807, 2.05) is 6.92 Å². The highest BCUT2D eigenvalue weighted by Gasteiger charge is 2.23. The summed E-state index contributed by atoms with van der Waals surface area (Å²) >= 11 is 0. The Morgan fingerprint density at radius 1 is 1.21 bits per heavy atom. The van der Waals surface area contributed by atoms with E-state index in [1.165, 1.54) is 10.7 Å². The van der Waals surface area contributed by atoms with E-state index in [9.17, 15) is 14.0 Å². The predicted molar refractivity (Wildman–Crippen MR) is 103 cm³/mol. The zero-order valence-corrected chi connectivity index (χ0v) is 15.1. The maximum atomic E-state index is 14.3. The van der Waals surface area contributed by atoms with Crippen LogP contribution < -0.4 is 15.5 Å². The van der Waals surface area contributed by atoms with Crippen molar-refractivity contribution in [3.8, 4) is 5.69 Å². The molecule has 3 aromatic rings. The Hall–Kier alpha value is -3.68. The smallest absolute Gasteiger partial charge is 0.322 e. The summed E-state index contributed by atoms with van der Waals surface area (Å²) in [6, 6.07) is 11.1. The number of urea groups is 1. The van der Waals surface area contributed by atoms with Gasteiger partial charge in [-0.1, -0.05) is 0 Å². The topological polar surface area (TPSA) is 79.3 Å². The van der Waals surface area contributed by atoms with Crippen LogP contribution in [0.2, 0.25) is 0 Å². The molecule has 7 nitrogen and oxygen atoms in total. The van der Waals surface area contributed by atoms with Crippen LogP contribution in [0.25, 0.3) is 5.69 Å². The fourth-order valence-electron chi connectivity index (χ4n) is 3.19. The normalized spacial score (nSPS) is 13.5. The number of aryl methyl sites for hydroxylation is 1. The number of anilines is 2. The number of rotatable bonds is 4. The number of hydrogen-bond acceptors (Lipinski definition) is 3. The van der Waals surface area contributed by atoms with E-state index in [1.54, 1.807) is 53.7 Å². The number of benzene rings is 2. The first-order chi connectivity index (χ1) is 13.5. The van der Waals surface area contributed by atoms with E-state index in [-0.39, 0.29) is 11.9 Å². The summed E-state index contributed by atoms with van der Waals surface area (Å²) in [4.78, 5) is 26.0. The van der Waals surface area contributed by atoms with Gasteiger partial charge in [0.25, 0.3) is 5.91 Å². The third-order valence-electron chi connectivity index (χ3n) is 4.56. The molecule has 142 valence electrons. The molecule has 1 saturated heterocycles. The van der Waals surface area contributed by atoms with Gasteiger partial charge in [-0.2, -0.15) is 5.10 Å². The lowest BCUT2D eigenvalue weighted by atomic mass is 10.1. The van der Waals surface area contributed by atoms with Crippen molar-refractivity contribution in [3.63, 3.8) is 0 Å². The Kier molecular flexibility index (Phi) is 4.52. The first-order valence-electron chi connectivity index (χ1n) is 8.80. The van der Waals surface area contributed by atoms with Gasteiger partial charge in [0.15, 0.2) is 5.82 Å². The standard InChI is InChI=1S/C20H18FN5O2/c1-13-11-14(3-5-17(13)25-10-8-22-20(25)28)19(27)24-15-4-6-18(16(21)12-15)26-9-2-7-23-26/h2-7,9,11-12H,8,10H2,1H3,(H,22,28)(H,24,27). The van der Waals surface area contributed by atoms with E-state index in [4.69, 9.17) is 0 Å². The van der Waals surface area contributed by atoms with Crippen molar-refractivity contribution >= 4 is 23.3 Å². The van der Waals surface area contributed by atoms with E-state index < -0.39 is 5.82 Å². The largest absolute Gasteiger partial charge is 0.336 e. The number of amides is 3. The van der Waals surface area contributed by atoms with E-state index in [2.05, 4.69) is 15.7 Å². The molecule has 2 aromatic carbocycles. The lowest BCUT2D eigenvalue weighted by Gasteiger charge is -2.17. The van der Waals surface area contributed by atoms with Gasteiger partial charge < -0.3 is 10.6 Å². The summed E-state index contributed by atoms with van der Waals surface area (Å²) < 4.78 is 15.8. The molecule has 2 heterocycles. The molecule has 1 aliphatic rings. The summed E-state index contributed by atoms with van der Waals surface area (Å²) in [5.74, 6) is -0.847. The number of hydrogen-bond donors (Lipinski definition) is 2. The van der Waals surface area contributed by atoms with Crippen molar-refractivity contribution in [2.45, 2.75) is 6.92 Å². The van der Waals surface area contributed by atoms with E-state index >= 15 is 0 Å². The van der Waals surface area contributed by atoms with Gasteiger partial charge >= 0.3 is 6.03 Å². The van der Waals surface area contributed by atoms with Gasteiger partial charge in [0.2, 0.25) is 0 Å². The fraction of sp³-hybridized carbons (Fsp3) is 0.150. The number of nitrogens with zero attached hydrogens (tertiary/aromatic N) is 3. The summed E-state index contributed by atoms with van der Waals surface area (Å²) in [7, 11) is 0. The van der Waals surface area contributed by atoms with Crippen LogP contribution in [0.4, 0.5) is 20.6 Å². The molecule has 2 N–H and O–H groups in total. The molecule has 0 atom stereocenters. The van der Waals surface area contributed by atoms with Crippen molar-refractivity contribution in [3.05, 3.63) is 71.8 Å². The summed E-state index contributed by atoms with van der Waals surface area (Å²) in [5, 5.41) is 9.44. The Labute approximate surface area is 160 Å². The highest BCUT2D eigenvalue weighted by molar-refractivity contribution is 6.05. The van der Waals surface area contributed by atoms with Crippen LogP contribution in [-0.4, -0.2) is 34.8 Å². The van der Waals surface area contributed by atoms with Crippen LogP contribution >= 0.6 is 0 Å². The highest BCUT2D eigenvalue weighted by Crippen LogP contribution is 2.24. The average Bonchev–Trinajstić information content (AvgIpc) is 3.34. The summed E-state index contributed by atoms with van der Waals surface area (Å²) in [6.45, 7) is 3.03. The molecule has 0 unspecified atom stereocenters. The molecule has 1 fully saturated rings. The second-order valence-electron chi connectivity index (χ2n) is 6.46. The van der Waals surface area contributed by atoms with Gasteiger partial charge in [-0.25, -0.2) is 13.9 Å². The van der Waals surface area contributed by atoms with Crippen molar-refractivity contribution in [1.82, 2.24) is 15.1 Å². The molecule has 0 bridgehead atoms. The number of nitrogens with one attached hydrogen (secondary N) is 2. The van der Waals surface area contributed by atoms with E-state index in [0.29, 0.717) is 30.0 Å². The molecule has 3 amide bonds. The molecule has 0 saturated carbocycles. The van der Waals surface area contributed by atoms with Crippen molar-refractivity contribution in [1.29, 1.82) is 0 Å². The third kappa shape index (κ3) is 3.32. The van der Waals surface area contributed by atoms with Crippen LogP contribution in [0.3, 0.4) is 0 Å². The number of carbonyl (C=O) groups excluding carboxylic acids is 2. The molecule has 0 spiro atoms. The Balaban J connectivity index is 1.51. The van der Waals surface area contributed by atoms with Crippen LogP contribution in [0, 0.1) is 12.7 Å². The first-order valence-corrected chi connectivity index (χ1v) is 8.80. The first kappa shape index (κ1) is 17.7. The Bertz CT molecular complexity index is 1050. The fourth-order valence-corrected chi connectivity index (χ4v) is 3.19. The van der Waals surface area contributed by atoms with Crippen LogP contribution in [-0.2, 0) is 0 Å². The second kappa shape index (κ2) is 7.15. The molecule has 1 aromatic heterocycles. The van der Waals surface area contributed by atoms with Gasteiger partial charge in [-0.3, -0.25) is 9.69 Å². The van der Waals surface area contributed by atoms with E-state index in [0.717, 1.165) is 11.3 Å². The van der Waals surface area contributed by atoms with Crippen molar-refractivity contribution < 1.29 is 14.0 Å². The Morgan fingerprint density at radius 3 is 2.68 bits per heavy atom. The van der Waals surface area contributed by atoms with Crippen molar-refractivity contribution in [2.24, 2.45) is 0 Å². The van der Waals surface area contributed by atoms with Gasteiger partial charge in [-0.05, 0) is 55.0 Å². The van der Waals surface area contributed by atoms with Gasteiger partial charge in [0.05, 0.1) is 0 Å². The molecule has 8 heteroatoms. The minimum absolute atomic E-state index is 0.145. The molecule has 0 radical (unpaired) electrons. The van der Waals surface area contributed by atoms with Crippen LogP contribution in [0.15, 0.2) is 54.9 Å². The lowest BCUT2D eigenvalue weighted by Crippen LogP contribution is -2.28. The minimum atomic E-state index is -0.493. The quantitative estimate of drug-likeness (QED) is 0.731. The van der Waals surface area contributed by atoms with Crippen LogP contribution in [0.1, 0.15) is 15.9 Å². The van der Waals surface area contributed by atoms with Gasteiger partial charge in [0.1, 0.15) is 5.69 Å². The lowest BCUT2D eigenvalue weighted by molar-refractivity contribution is 0.102. The molecule has 0 aliphatic carbocycles. The maximum Gasteiger partial charge on any atom is 0.322 e. The zero-order chi connectivity index (χ0) is 19.7. The highest BCUT2D eigenvalue weighted by atomic mass is 19.1. The molecular formula is C20H18FN5O2. The number of halogens is 1. The third-order valence-corrected chi connectivity index (χ3v) is 4.56. The zero-order valence-electron chi connectivity index (χ0n) is 15.1.